The highest BCUT2D eigenvalue weighted by Crippen LogP contribution is 2.38. The van der Waals surface area contributed by atoms with Gasteiger partial charge in [-0.25, -0.2) is 0 Å². The molecule has 0 saturated heterocycles. The van der Waals surface area contributed by atoms with E-state index in [0.717, 1.165) is 38.5 Å². The van der Waals surface area contributed by atoms with E-state index in [1.165, 1.54) is 405 Å². The second-order valence-electron chi connectivity index (χ2n) is 30.6. The first-order valence-electron chi connectivity index (χ1n) is 42.1. The summed E-state index contributed by atoms with van der Waals surface area (Å²) in [5.74, 6) is -0.185. The Labute approximate surface area is 577 Å². The van der Waals surface area contributed by atoms with Gasteiger partial charge in [-0.1, -0.05) is 450 Å². The fourth-order valence-corrected chi connectivity index (χ4v) is 14.2. The number of aliphatic hydroxyl groups is 1. The molecule has 3 atom stereocenters. The number of likely N-dealkylation sites (N-methyl/N-ethyl adjacent to an activating group) is 1. The standard InChI is InChI=1S/C83H167N2O6P/c1-6-8-10-12-14-16-18-20-22-24-26-28-30-32-34-36-37-38-39-40-41-42-43-44-45-46-47-49-51-53-55-57-59-61-63-65-67-69-71-73-75-77-83(87)84-81(80-91-92(88,89)90-79-78-85(3,4)5)82(86)76-74-72-70-68-66-64-62-60-58-56-54-52-50-48-35-33-31-29-27-25-23-21-19-17-15-13-11-9-7-2/h74,76,81-82,86H,6-73,75,77-80H2,1-5H3,(H-,84,87,88,89)/b76-74+. The summed E-state index contributed by atoms with van der Waals surface area (Å²) in [7, 11) is 1.29. The maximum Gasteiger partial charge on any atom is 0.268 e. The van der Waals surface area contributed by atoms with E-state index in [-0.39, 0.29) is 19.1 Å². The molecule has 0 bridgehead atoms. The van der Waals surface area contributed by atoms with Crippen LogP contribution in [0.3, 0.4) is 0 Å². The number of phosphoric ester groups is 1. The molecule has 0 saturated carbocycles. The molecular formula is C83H167N2O6P. The molecule has 0 aliphatic heterocycles. The van der Waals surface area contributed by atoms with Crippen LogP contribution in [0.1, 0.15) is 463 Å². The number of amides is 1. The number of rotatable bonds is 80. The van der Waals surface area contributed by atoms with Crippen molar-refractivity contribution in [1.29, 1.82) is 0 Å². The van der Waals surface area contributed by atoms with Crippen molar-refractivity contribution < 1.29 is 32.9 Å². The largest absolute Gasteiger partial charge is 0.756 e. The molecule has 0 rings (SSSR count). The number of unbranched alkanes of at least 4 members (excludes halogenated alkanes) is 67. The molecule has 550 valence electrons. The van der Waals surface area contributed by atoms with Crippen molar-refractivity contribution in [2.24, 2.45) is 0 Å². The topological polar surface area (TPSA) is 108 Å². The molecule has 0 aliphatic rings. The van der Waals surface area contributed by atoms with Crippen molar-refractivity contribution in [3.63, 3.8) is 0 Å². The van der Waals surface area contributed by atoms with Crippen LogP contribution >= 0.6 is 7.82 Å². The van der Waals surface area contributed by atoms with Gasteiger partial charge in [-0.15, -0.1) is 0 Å². The Hall–Kier alpha value is -0.760. The lowest BCUT2D eigenvalue weighted by molar-refractivity contribution is -0.870. The summed E-state index contributed by atoms with van der Waals surface area (Å²) in [6.45, 7) is 4.74. The summed E-state index contributed by atoms with van der Waals surface area (Å²) < 4.78 is 23.5. The van der Waals surface area contributed by atoms with Crippen LogP contribution in [0, 0.1) is 0 Å². The summed E-state index contributed by atoms with van der Waals surface area (Å²) in [6, 6.07) is -0.885. The smallest absolute Gasteiger partial charge is 0.268 e. The summed E-state index contributed by atoms with van der Waals surface area (Å²) in [5, 5.41) is 14.0. The van der Waals surface area contributed by atoms with E-state index in [4.69, 9.17) is 9.05 Å². The molecular weight excluding hydrogens is 1150 g/mol. The second-order valence-corrected chi connectivity index (χ2v) is 32.0. The van der Waals surface area contributed by atoms with E-state index in [0.29, 0.717) is 17.4 Å². The zero-order valence-corrected chi connectivity index (χ0v) is 64.2. The predicted molar refractivity (Wildman–Crippen MR) is 404 cm³/mol. The van der Waals surface area contributed by atoms with Gasteiger partial charge >= 0.3 is 0 Å². The van der Waals surface area contributed by atoms with Crippen LogP contribution in [-0.2, 0) is 18.4 Å². The van der Waals surface area contributed by atoms with Crippen LogP contribution in [-0.4, -0.2) is 68.5 Å². The minimum Gasteiger partial charge on any atom is -0.756 e. The molecule has 0 radical (unpaired) electrons. The third-order valence-electron chi connectivity index (χ3n) is 20.0. The van der Waals surface area contributed by atoms with E-state index in [1.807, 2.05) is 27.2 Å². The molecule has 8 nitrogen and oxygen atoms in total. The van der Waals surface area contributed by atoms with Gasteiger partial charge in [0.25, 0.3) is 7.82 Å². The van der Waals surface area contributed by atoms with E-state index in [2.05, 4.69) is 19.2 Å². The first-order chi connectivity index (χ1) is 45.0. The van der Waals surface area contributed by atoms with Gasteiger partial charge in [-0.05, 0) is 19.3 Å². The van der Waals surface area contributed by atoms with Gasteiger partial charge in [0.15, 0.2) is 0 Å². The van der Waals surface area contributed by atoms with Crippen LogP contribution in [0.5, 0.6) is 0 Å². The van der Waals surface area contributed by atoms with E-state index >= 15 is 0 Å². The molecule has 3 unspecified atom stereocenters. The van der Waals surface area contributed by atoms with Crippen molar-refractivity contribution >= 4 is 13.7 Å². The van der Waals surface area contributed by atoms with Crippen LogP contribution in [0.25, 0.3) is 0 Å². The Morgan fingerprint density at radius 3 is 0.815 bits per heavy atom. The first-order valence-corrected chi connectivity index (χ1v) is 43.5. The summed E-state index contributed by atoms with van der Waals surface area (Å²) in [6.07, 6.45) is 98.4. The minimum absolute atomic E-state index is 0.00319. The van der Waals surface area contributed by atoms with Crippen LogP contribution in [0.2, 0.25) is 0 Å². The third-order valence-corrected chi connectivity index (χ3v) is 21.0. The highest BCUT2D eigenvalue weighted by molar-refractivity contribution is 7.45. The van der Waals surface area contributed by atoms with Gasteiger partial charge < -0.3 is 28.8 Å². The lowest BCUT2D eigenvalue weighted by Crippen LogP contribution is -2.45. The van der Waals surface area contributed by atoms with Crippen molar-refractivity contribution in [1.82, 2.24) is 5.32 Å². The van der Waals surface area contributed by atoms with E-state index in [1.54, 1.807) is 6.08 Å². The number of aliphatic hydroxyl groups excluding tert-OH is 1. The molecule has 0 fully saturated rings. The lowest BCUT2D eigenvalue weighted by Gasteiger charge is -2.29. The quantitative estimate of drug-likeness (QED) is 0.0272. The van der Waals surface area contributed by atoms with Crippen LogP contribution in [0.4, 0.5) is 0 Å². The summed E-state index contributed by atoms with van der Waals surface area (Å²) >= 11 is 0. The Kier molecular flexibility index (Phi) is 73.8. The normalized spacial score (nSPS) is 13.4. The SMILES string of the molecule is CCCCCCCCCCCCCCCCCCCCCCCCCCCCC/C=C/C(O)C(COP(=O)([O-])OCC[N+](C)(C)C)NC(=O)CCCCCCCCCCCCCCCCCCCCCCCCCCCCCCCCCCCCCCCCCCC. The fraction of sp³-hybridized carbons (Fsp3) is 0.964. The summed E-state index contributed by atoms with van der Waals surface area (Å²) in [4.78, 5) is 25.7. The molecule has 0 spiro atoms. The Balaban J connectivity index is 3.87. The minimum atomic E-state index is -4.60. The highest BCUT2D eigenvalue weighted by atomic mass is 31.2. The van der Waals surface area contributed by atoms with Crippen molar-refractivity contribution in [3.05, 3.63) is 12.2 Å². The third kappa shape index (κ3) is 76.6. The zero-order valence-electron chi connectivity index (χ0n) is 63.3. The van der Waals surface area contributed by atoms with Gasteiger partial charge in [0.2, 0.25) is 5.91 Å². The maximum absolute atomic E-state index is 13.1. The molecule has 0 aromatic rings. The number of quaternary nitrogens is 1. The van der Waals surface area contributed by atoms with Gasteiger partial charge in [-0.3, -0.25) is 9.36 Å². The number of allylic oxidation sites excluding steroid dienone is 1. The van der Waals surface area contributed by atoms with E-state index < -0.39 is 20.0 Å². The predicted octanol–water partition coefficient (Wildman–Crippen LogP) is 26.9. The van der Waals surface area contributed by atoms with Crippen LogP contribution in [0.15, 0.2) is 12.2 Å². The Bertz CT molecular complexity index is 1510. The summed E-state index contributed by atoms with van der Waals surface area (Å²) in [5.41, 5.74) is 0. The van der Waals surface area contributed by atoms with Gasteiger partial charge in [0.1, 0.15) is 13.2 Å². The molecule has 0 heterocycles. The van der Waals surface area contributed by atoms with Crippen molar-refractivity contribution in [3.8, 4) is 0 Å². The average molecular weight is 1320 g/mol. The molecule has 2 N–H and O–H groups in total. The molecule has 0 aromatic carbocycles. The zero-order chi connectivity index (χ0) is 66.9. The number of nitrogens with zero attached hydrogens (tertiary/aromatic N) is 1. The first kappa shape index (κ1) is 91.2. The second kappa shape index (κ2) is 74.5. The number of nitrogens with one attached hydrogen (secondary N) is 1. The monoisotopic (exact) mass is 1320 g/mol. The van der Waals surface area contributed by atoms with Gasteiger partial charge in [-0.2, -0.15) is 0 Å². The van der Waals surface area contributed by atoms with Crippen molar-refractivity contribution in [2.75, 3.05) is 40.9 Å². The molecule has 0 aliphatic carbocycles. The van der Waals surface area contributed by atoms with Gasteiger partial charge in [0.05, 0.1) is 39.9 Å². The number of phosphoric acid groups is 1. The average Bonchev–Trinajstić information content (AvgIpc) is 2.68. The fourth-order valence-electron chi connectivity index (χ4n) is 13.5. The van der Waals surface area contributed by atoms with Crippen molar-refractivity contribution in [2.45, 2.75) is 475 Å². The number of carbonyl (C=O) groups excluding carboxylic acids is 1. The van der Waals surface area contributed by atoms with Crippen LogP contribution < -0.4 is 10.2 Å². The molecule has 1 amide bonds. The molecule has 9 heteroatoms. The number of carbonyl (C=O) groups is 1. The molecule has 92 heavy (non-hydrogen) atoms. The van der Waals surface area contributed by atoms with Gasteiger partial charge in [0, 0.05) is 6.42 Å². The Morgan fingerprint density at radius 1 is 0.370 bits per heavy atom. The number of hydrogen-bond donors (Lipinski definition) is 2. The highest BCUT2D eigenvalue weighted by Gasteiger charge is 2.23. The Morgan fingerprint density at radius 2 is 0.587 bits per heavy atom. The molecule has 0 aromatic heterocycles. The lowest BCUT2D eigenvalue weighted by atomic mass is 10.0. The maximum atomic E-state index is 13.1. The van der Waals surface area contributed by atoms with E-state index in [9.17, 15) is 19.4 Å². The number of hydrogen-bond acceptors (Lipinski definition) is 6.